The molecular weight excluding hydrogens is 280 g/mol. The van der Waals surface area contributed by atoms with E-state index in [1.807, 2.05) is 6.92 Å². The van der Waals surface area contributed by atoms with E-state index in [0.29, 0.717) is 5.15 Å². The Morgan fingerprint density at radius 3 is 2.79 bits per heavy atom. The molecule has 0 atom stereocenters. The summed E-state index contributed by atoms with van der Waals surface area (Å²) >= 11 is 7.66. The first-order valence-electron chi connectivity index (χ1n) is 6.35. The van der Waals surface area contributed by atoms with Gasteiger partial charge in [0.25, 0.3) is 0 Å². The Labute approximate surface area is 122 Å². The van der Waals surface area contributed by atoms with E-state index >= 15 is 0 Å². The number of hydrogen-bond donors (Lipinski definition) is 1. The van der Waals surface area contributed by atoms with Gasteiger partial charge in [-0.05, 0) is 13.3 Å². The summed E-state index contributed by atoms with van der Waals surface area (Å²) in [5.41, 5.74) is 1.11. The first kappa shape index (κ1) is 14.2. The lowest BCUT2D eigenvalue weighted by Gasteiger charge is -2.06. The Hall–Kier alpha value is -1.20. The number of hydrogen-bond acceptors (Lipinski definition) is 5. The van der Waals surface area contributed by atoms with Gasteiger partial charge in [-0.1, -0.05) is 18.5 Å². The fraction of sp³-hybridized carbons (Fsp3) is 0.462. The first-order valence-corrected chi connectivity index (χ1v) is 7.61. The zero-order valence-electron chi connectivity index (χ0n) is 11.1. The molecule has 2 aromatic heterocycles. The maximum atomic E-state index is 5.98. The van der Waals surface area contributed by atoms with E-state index in [0.717, 1.165) is 48.2 Å². The molecule has 19 heavy (non-hydrogen) atoms. The molecule has 0 bridgehead atoms. The van der Waals surface area contributed by atoms with Gasteiger partial charge in [-0.3, -0.25) is 0 Å². The summed E-state index contributed by atoms with van der Waals surface area (Å²) in [4.78, 5) is 13.1. The molecule has 2 aromatic rings. The van der Waals surface area contributed by atoms with Crippen LogP contribution in [0.3, 0.4) is 0 Å². The Kier molecular flexibility index (Phi) is 5.10. The lowest BCUT2D eigenvalue weighted by atomic mass is 10.3. The third kappa shape index (κ3) is 4.44. The number of anilines is 1. The minimum absolute atomic E-state index is 0.491. The predicted molar refractivity (Wildman–Crippen MR) is 80.1 cm³/mol. The van der Waals surface area contributed by atoms with Gasteiger partial charge in [0.05, 0.1) is 10.7 Å². The van der Waals surface area contributed by atoms with Gasteiger partial charge in [-0.2, -0.15) is 0 Å². The van der Waals surface area contributed by atoms with Crippen molar-refractivity contribution in [3.05, 3.63) is 33.1 Å². The van der Waals surface area contributed by atoms with Crippen molar-refractivity contribution in [3.63, 3.8) is 0 Å². The molecule has 0 fully saturated rings. The molecule has 6 heteroatoms. The van der Waals surface area contributed by atoms with E-state index in [9.17, 15) is 0 Å². The molecule has 0 unspecified atom stereocenters. The van der Waals surface area contributed by atoms with Gasteiger partial charge < -0.3 is 5.32 Å². The van der Waals surface area contributed by atoms with Crippen molar-refractivity contribution in [2.75, 3.05) is 11.9 Å². The lowest BCUT2D eigenvalue weighted by Crippen LogP contribution is -2.08. The number of rotatable bonds is 6. The van der Waals surface area contributed by atoms with Gasteiger partial charge in [0.2, 0.25) is 0 Å². The first-order chi connectivity index (χ1) is 9.17. The average molecular weight is 297 g/mol. The van der Waals surface area contributed by atoms with Crippen molar-refractivity contribution in [3.8, 4) is 0 Å². The van der Waals surface area contributed by atoms with Gasteiger partial charge >= 0.3 is 0 Å². The van der Waals surface area contributed by atoms with Crippen LogP contribution < -0.4 is 5.32 Å². The van der Waals surface area contributed by atoms with Crippen LogP contribution >= 0.6 is 22.9 Å². The van der Waals surface area contributed by atoms with E-state index in [4.69, 9.17) is 11.6 Å². The maximum absolute atomic E-state index is 5.98. The van der Waals surface area contributed by atoms with Crippen LogP contribution in [0.25, 0.3) is 0 Å². The van der Waals surface area contributed by atoms with Crippen LogP contribution in [0, 0.1) is 6.92 Å². The number of halogens is 1. The monoisotopic (exact) mass is 296 g/mol. The molecule has 0 aliphatic heterocycles. The van der Waals surface area contributed by atoms with Gasteiger partial charge in [-0.25, -0.2) is 15.0 Å². The summed E-state index contributed by atoms with van der Waals surface area (Å²) in [5, 5.41) is 6.95. The zero-order chi connectivity index (χ0) is 13.7. The highest BCUT2D eigenvalue weighted by Gasteiger charge is 2.03. The quantitative estimate of drug-likeness (QED) is 0.829. The Morgan fingerprint density at radius 2 is 2.11 bits per heavy atom. The standard InChI is InChI=1S/C13H17ClN4S/c1-3-4-12-17-11(14)7-13(18-12)15-6-5-10-8-19-9(2)16-10/h7-8H,3-6H2,1-2H3,(H,15,17,18). The van der Waals surface area contributed by atoms with E-state index in [-0.39, 0.29) is 0 Å². The summed E-state index contributed by atoms with van der Waals surface area (Å²) in [7, 11) is 0. The highest BCUT2D eigenvalue weighted by Crippen LogP contribution is 2.13. The van der Waals surface area contributed by atoms with Crippen LogP contribution in [0.1, 0.15) is 29.9 Å². The molecule has 0 spiro atoms. The fourth-order valence-electron chi connectivity index (χ4n) is 1.73. The molecule has 102 valence electrons. The highest BCUT2D eigenvalue weighted by atomic mass is 35.5. The van der Waals surface area contributed by atoms with Crippen molar-refractivity contribution in [1.82, 2.24) is 15.0 Å². The van der Waals surface area contributed by atoms with Crippen molar-refractivity contribution >= 4 is 28.8 Å². The molecule has 2 rings (SSSR count). The van der Waals surface area contributed by atoms with Crippen LogP contribution in [0.4, 0.5) is 5.82 Å². The molecule has 0 aliphatic carbocycles. The molecule has 0 saturated heterocycles. The summed E-state index contributed by atoms with van der Waals surface area (Å²) in [6.45, 7) is 4.91. The molecule has 0 amide bonds. The van der Waals surface area contributed by atoms with Gasteiger partial charge in [0, 0.05) is 30.8 Å². The van der Waals surface area contributed by atoms with Crippen molar-refractivity contribution in [2.45, 2.75) is 33.1 Å². The second-order valence-electron chi connectivity index (χ2n) is 4.28. The fourth-order valence-corrected chi connectivity index (χ4v) is 2.58. The Bertz CT molecular complexity index is 541. The third-order valence-corrected chi connectivity index (χ3v) is 3.58. The molecular formula is C13H17ClN4S. The number of aromatic nitrogens is 3. The Morgan fingerprint density at radius 1 is 1.26 bits per heavy atom. The van der Waals surface area contributed by atoms with E-state index < -0.39 is 0 Å². The van der Waals surface area contributed by atoms with Crippen molar-refractivity contribution < 1.29 is 0 Å². The number of nitrogens with one attached hydrogen (secondary N) is 1. The topological polar surface area (TPSA) is 50.7 Å². The normalized spacial score (nSPS) is 10.7. The van der Waals surface area contributed by atoms with Crippen LogP contribution in [-0.2, 0) is 12.8 Å². The minimum Gasteiger partial charge on any atom is -0.370 e. The number of thiazole rings is 1. The molecule has 1 N–H and O–H groups in total. The molecule has 0 aliphatic rings. The van der Waals surface area contributed by atoms with Crippen molar-refractivity contribution in [1.29, 1.82) is 0 Å². The average Bonchev–Trinajstić information content (AvgIpc) is 2.75. The van der Waals surface area contributed by atoms with Crippen LogP contribution in [0.5, 0.6) is 0 Å². The molecule has 2 heterocycles. The van der Waals surface area contributed by atoms with Gasteiger partial charge in [-0.15, -0.1) is 11.3 Å². The van der Waals surface area contributed by atoms with E-state index in [1.54, 1.807) is 17.4 Å². The third-order valence-electron chi connectivity index (χ3n) is 2.57. The van der Waals surface area contributed by atoms with Crippen molar-refractivity contribution in [2.24, 2.45) is 0 Å². The minimum atomic E-state index is 0.491. The van der Waals surface area contributed by atoms with Crippen LogP contribution in [-0.4, -0.2) is 21.5 Å². The predicted octanol–water partition coefficient (Wildman–Crippen LogP) is 3.50. The maximum Gasteiger partial charge on any atom is 0.134 e. The summed E-state index contributed by atoms with van der Waals surface area (Å²) in [5.74, 6) is 1.58. The molecule has 4 nitrogen and oxygen atoms in total. The number of aryl methyl sites for hydroxylation is 2. The number of nitrogens with zero attached hydrogens (tertiary/aromatic N) is 3. The van der Waals surface area contributed by atoms with E-state index in [1.165, 1.54) is 0 Å². The largest absolute Gasteiger partial charge is 0.370 e. The second kappa shape index (κ2) is 6.82. The van der Waals surface area contributed by atoms with E-state index in [2.05, 4.69) is 32.6 Å². The van der Waals surface area contributed by atoms with Crippen LogP contribution in [0.15, 0.2) is 11.4 Å². The van der Waals surface area contributed by atoms with Gasteiger partial charge in [0.1, 0.15) is 16.8 Å². The molecule has 0 radical (unpaired) electrons. The summed E-state index contributed by atoms with van der Waals surface area (Å²) in [6.07, 6.45) is 2.74. The van der Waals surface area contributed by atoms with Gasteiger partial charge in [0.15, 0.2) is 0 Å². The second-order valence-corrected chi connectivity index (χ2v) is 5.73. The highest BCUT2D eigenvalue weighted by molar-refractivity contribution is 7.09. The summed E-state index contributed by atoms with van der Waals surface area (Å²) in [6, 6.07) is 1.76. The molecule has 0 aromatic carbocycles. The smallest absolute Gasteiger partial charge is 0.134 e. The zero-order valence-corrected chi connectivity index (χ0v) is 12.7. The summed E-state index contributed by atoms with van der Waals surface area (Å²) < 4.78 is 0. The molecule has 0 saturated carbocycles. The SMILES string of the molecule is CCCc1nc(Cl)cc(NCCc2csc(C)n2)n1. The Balaban J connectivity index is 1.91. The lowest BCUT2D eigenvalue weighted by molar-refractivity contribution is 0.832. The van der Waals surface area contributed by atoms with Crippen LogP contribution in [0.2, 0.25) is 5.15 Å².